The molecule has 0 aliphatic rings. The quantitative estimate of drug-likeness (QED) is 0.613. The first-order chi connectivity index (χ1) is 13.1. The minimum Gasteiger partial charge on any atom is -0.394 e. The van der Waals surface area contributed by atoms with Gasteiger partial charge in [-0.25, -0.2) is 8.42 Å². The highest BCUT2D eigenvalue weighted by Crippen LogP contribution is 2.33. The zero-order valence-corrected chi connectivity index (χ0v) is 17.1. The second kappa shape index (κ2) is 7.41. The number of aliphatic hydroxyl groups is 1. The maximum atomic E-state index is 13.6. The van der Waals surface area contributed by atoms with E-state index in [0.29, 0.717) is 10.9 Å². The number of carbonyl (C=O) groups excluding carboxylic acids is 1. The molecule has 2 aromatic carbocycles. The van der Waals surface area contributed by atoms with Crippen molar-refractivity contribution in [1.29, 1.82) is 0 Å². The Morgan fingerprint density at radius 3 is 2.32 bits per heavy atom. The Kier molecular flexibility index (Phi) is 5.32. The number of fused-ring (bicyclic) bond motifs is 1. The summed E-state index contributed by atoms with van der Waals surface area (Å²) >= 11 is 0. The van der Waals surface area contributed by atoms with Crippen LogP contribution in [0.3, 0.4) is 0 Å². The third-order valence-corrected chi connectivity index (χ3v) is 6.38. The number of aromatic nitrogens is 1. The Morgan fingerprint density at radius 2 is 1.71 bits per heavy atom. The maximum Gasteiger partial charge on any atom is 0.269 e. The lowest BCUT2D eigenvalue weighted by molar-refractivity contribution is 0.0914. The van der Waals surface area contributed by atoms with E-state index in [1.54, 1.807) is 31.2 Å². The number of sulfone groups is 1. The first-order valence-corrected chi connectivity index (χ1v) is 10.5. The summed E-state index contributed by atoms with van der Waals surface area (Å²) in [6.07, 6.45) is 0. The second-order valence-corrected chi connectivity index (χ2v) is 9.15. The lowest BCUT2D eigenvalue weighted by Gasteiger charge is -2.12. The monoisotopic (exact) mass is 400 g/mol. The number of nitrogens with one attached hydrogen (secondary N) is 2. The van der Waals surface area contributed by atoms with Crippen LogP contribution in [0.15, 0.2) is 46.2 Å². The van der Waals surface area contributed by atoms with Crippen molar-refractivity contribution in [2.45, 2.75) is 43.5 Å². The number of amides is 1. The van der Waals surface area contributed by atoms with E-state index in [2.05, 4.69) is 10.3 Å². The first-order valence-electron chi connectivity index (χ1n) is 9.01. The van der Waals surface area contributed by atoms with Gasteiger partial charge in [0.15, 0.2) is 0 Å². The highest BCUT2D eigenvalue weighted by Gasteiger charge is 2.30. The van der Waals surface area contributed by atoms with Crippen LogP contribution in [0.25, 0.3) is 10.9 Å². The molecule has 1 heterocycles. The Labute approximate surface area is 164 Å². The molecule has 1 amide bonds. The summed E-state index contributed by atoms with van der Waals surface area (Å²) in [5.41, 5.74) is 3.08. The molecule has 0 fully saturated rings. The fourth-order valence-corrected chi connectivity index (χ4v) is 5.06. The van der Waals surface area contributed by atoms with Gasteiger partial charge < -0.3 is 15.4 Å². The molecule has 28 heavy (non-hydrogen) atoms. The number of aryl methyl sites for hydroxylation is 3. The Morgan fingerprint density at radius 1 is 1.07 bits per heavy atom. The number of hydrogen-bond acceptors (Lipinski definition) is 4. The average Bonchev–Trinajstić information content (AvgIpc) is 3.00. The molecule has 0 saturated heterocycles. The Hall–Kier alpha value is -2.64. The van der Waals surface area contributed by atoms with Crippen molar-refractivity contribution < 1.29 is 18.3 Å². The Bertz CT molecular complexity index is 1140. The van der Waals surface area contributed by atoms with Crippen LogP contribution in [0.5, 0.6) is 0 Å². The number of rotatable bonds is 5. The molecule has 0 aliphatic carbocycles. The third-order valence-electron chi connectivity index (χ3n) is 4.56. The smallest absolute Gasteiger partial charge is 0.269 e. The molecular formula is C21H24N2O4S. The largest absolute Gasteiger partial charge is 0.394 e. The molecule has 7 heteroatoms. The van der Waals surface area contributed by atoms with E-state index in [1.807, 2.05) is 32.9 Å². The summed E-state index contributed by atoms with van der Waals surface area (Å²) in [6, 6.07) is 9.98. The highest BCUT2D eigenvalue weighted by atomic mass is 32.2. The van der Waals surface area contributed by atoms with Crippen molar-refractivity contribution in [3.63, 3.8) is 0 Å². The number of aromatic amines is 1. The standard InChI is InChI=1S/C21H24N2O4S/c1-12-5-6-18-17(10-12)20(19(23-18)21(25)22-15(4)11-24)28(26,27)16-8-13(2)7-14(3)9-16/h5-10,15,23-24H,11H2,1-4H3,(H,22,25). The van der Waals surface area contributed by atoms with Crippen LogP contribution in [-0.2, 0) is 9.84 Å². The number of aliphatic hydroxyl groups excluding tert-OH is 1. The van der Waals surface area contributed by atoms with Gasteiger partial charge in [-0.3, -0.25) is 4.79 Å². The summed E-state index contributed by atoms with van der Waals surface area (Å²) in [5, 5.41) is 12.3. The van der Waals surface area contributed by atoms with Gasteiger partial charge in [-0.05, 0) is 63.1 Å². The molecule has 6 nitrogen and oxygen atoms in total. The third kappa shape index (κ3) is 3.68. The van der Waals surface area contributed by atoms with Gasteiger partial charge in [0.25, 0.3) is 5.91 Å². The van der Waals surface area contributed by atoms with Crippen molar-refractivity contribution in [3.05, 3.63) is 58.8 Å². The minimum absolute atomic E-state index is 0.0277. The van der Waals surface area contributed by atoms with Crippen LogP contribution in [-0.4, -0.2) is 37.1 Å². The molecule has 0 spiro atoms. The lowest BCUT2D eigenvalue weighted by Crippen LogP contribution is -2.35. The van der Waals surface area contributed by atoms with Gasteiger partial charge >= 0.3 is 0 Å². The van der Waals surface area contributed by atoms with E-state index in [1.165, 1.54) is 0 Å². The van der Waals surface area contributed by atoms with E-state index >= 15 is 0 Å². The molecule has 148 valence electrons. The molecule has 3 N–H and O–H groups in total. The van der Waals surface area contributed by atoms with E-state index in [0.717, 1.165) is 16.7 Å². The molecule has 0 saturated carbocycles. The van der Waals surface area contributed by atoms with Crippen LogP contribution in [0.1, 0.15) is 34.1 Å². The molecule has 1 atom stereocenters. The highest BCUT2D eigenvalue weighted by molar-refractivity contribution is 7.91. The molecule has 3 rings (SSSR count). The number of benzene rings is 2. The van der Waals surface area contributed by atoms with Gasteiger partial charge in [-0.1, -0.05) is 17.7 Å². The fourth-order valence-electron chi connectivity index (χ4n) is 3.27. The average molecular weight is 401 g/mol. The SMILES string of the molecule is Cc1cc(C)cc(S(=O)(=O)c2c(C(=O)NC(C)CO)[nH]c3ccc(C)cc23)c1. The van der Waals surface area contributed by atoms with Crippen molar-refractivity contribution in [2.75, 3.05) is 6.61 Å². The maximum absolute atomic E-state index is 13.6. The van der Waals surface area contributed by atoms with E-state index < -0.39 is 21.8 Å². The number of hydrogen-bond donors (Lipinski definition) is 3. The molecule has 0 bridgehead atoms. The number of carbonyl (C=O) groups is 1. The molecule has 1 unspecified atom stereocenters. The molecule has 1 aromatic heterocycles. The second-order valence-electron chi connectivity index (χ2n) is 7.26. The van der Waals surface area contributed by atoms with Gasteiger partial charge in [0.05, 0.1) is 11.5 Å². The molecule has 0 aliphatic heterocycles. The van der Waals surface area contributed by atoms with Gasteiger partial charge in [0.2, 0.25) is 9.84 Å². The summed E-state index contributed by atoms with van der Waals surface area (Å²) in [4.78, 5) is 15.8. The molecule has 3 aromatic rings. The van der Waals surface area contributed by atoms with Crippen molar-refractivity contribution >= 4 is 26.6 Å². The van der Waals surface area contributed by atoms with Crippen LogP contribution < -0.4 is 5.32 Å². The number of H-pyrrole nitrogens is 1. The predicted molar refractivity (Wildman–Crippen MR) is 108 cm³/mol. The van der Waals surface area contributed by atoms with Crippen LogP contribution >= 0.6 is 0 Å². The topological polar surface area (TPSA) is 99.3 Å². The van der Waals surface area contributed by atoms with Crippen molar-refractivity contribution in [3.8, 4) is 0 Å². The summed E-state index contributed by atoms with van der Waals surface area (Å²) in [5.74, 6) is -0.571. The van der Waals surface area contributed by atoms with Gasteiger partial charge in [0, 0.05) is 16.9 Å². The van der Waals surface area contributed by atoms with Crippen molar-refractivity contribution in [1.82, 2.24) is 10.3 Å². The van der Waals surface area contributed by atoms with Crippen LogP contribution in [0.4, 0.5) is 0 Å². The normalized spacial score (nSPS) is 12.9. The van der Waals surface area contributed by atoms with Gasteiger partial charge in [0.1, 0.15) is 10.6 Å². The first kappa shape index (κ1) is 20.1. The summed E-state index contributed by atoms with van der Waals surface area (Å²) in [6.45, 7) is 6.93. The van der Waals surface area contributed by atoms with E-state index in [-0.39, 0.29) is 22.1 Å². The van der Waals surface area contributed by atoms with Gasteiger partial charge in [-0.15, -0.1) is 0 Å². The van der Waals surface area contributed by atoms with Crippen LogP contribution in [0, 0.1) is 20.8 Å². The van der Waals surface area contributed by atoms with Crippen LogP contribution in [0.2, 0.25) is 0 Å². The lowest BCUT2D eigenvalue weighted by atomic mass is 10.2. The fraction of sp³-hybridized carbons (Fsp3) is 0.286. The summed E-state index contributed by atoms with van der Waals surface area (Å²) < 4.78 is 27.1. The van der Waals surface area contributed by atoms with Gasteiger partial charge in [-0.2, -0.15) is 0 Å². The van der Waals surface area contributed by atoms with E-state index in [4.69, 9.17) is 0 Å². The van der Waals surface area contributed by atoms with E-state index in [9.17, 15) is 18.3 Å². The predicted octanol–water partition coefficient (Wildman–Crippen LogP) is 3.04. The summed E-state index contributed by atoms with van der Waals surface area (Å²) in [7, 11) is -3.96. The zero-order chi connectivity index (χ0) is 20.6. The Balaban J connectivity index is 2.29. The van der Waals surface area contributed by atoms with Crippen molar-refractivity contribution in [2.24, 2.45) is 0 Å². The zero-order valence-electron chi connectivity index (χ0n) is 16.3. The molecular weight excluding hydrogens is 376 g/mol. The minimum atomic E-state index is -3.96. The molecule has 0 radical (unpaired) electrons.